The van der Waals surface area contributed by atoms with Crippen molar-refractivity contribution in [2.24, 2.45) is 0 Å². The number of ether oxygens (including phenoxy) is 1. The first kappa shape index (κ1) is 22.2. The molecule has 2 aromatic carbocycles. The van der Waals surface area contributed by atoms with Gasteiger partial charge in [0.2, 0.25) is 5.91 Å². The number of nitrogens with one attached hydrogen (secondary N) is 1. The minimum atomic E-state index is -1.04. The van der Waals surface area contributed by atoms with Crippen molar-refractivity contribution in [3.05, 3.63) is 88.2 Å². The summed E-state index contributed by atoms with van der Waals surface area (Å²) >= 11 is 1.66. The molecule has 4 aromatic rings. The molecule has 34 heavy (non-hydrogen) atoms. The first-order valence-electron chi connectivity index (χ1n) is 11.3. The number of rotatable bonds is 7. The molecule has 6 nitrogen and oxygen atoms in total. The summed E-state index contributed by atoms with van der Waals surface area (Å²) in [6, 6.07) is 21.6. The largest absolute Gasteiger partial charge is 0.496 e. The van der Waals surface area contributed by atoms with Gasteiger partial charge in [0.25, 0.3) is 5.91 Å². The summed E-state index contributed by atoms with van der Waals surface area (Å²) < 4.78 is 7.42. The Bertz CT molecular complexity index is 1340. The van der Waals surface area contributed by atoms with Gasteiger partial charge in [0.15, 0.2) is 0 Å². The number of para-hydroxylation sites is 2. The van der Waals surface area contributed by atoms with E-state index in [1.165, 1.54) is 4.88 Å². The van der Waals surface area contributed by atoms with Gasteiger partial charge < -0.3 is 19.5 Å². The van der Waals surface area contributed by atoms with E-state index in [9.17, 15) is 9.59 Å². The number of amides is 2. The SMILES string of the molecule is COc1ccccc1CNC(=O)[C@]1(C)Cn2c(cc3ccccc32)C(=O)N1CCc1cccs1. The third-order valence-electron chi connectivity index (χ3n) is 6.62. The second-order valence-corrected chi connectivity index (χ2v) is 9.76. The van der Waals surface area contributed by atoms with Crippen molar-refractivity contribution >= 4 is 34.1 Å². The first-order valence-corrected chi connectivity index (χ1v) is 12.2. The zero-order valence-corrected chi connectivity index (χ0v) is 20.1. The number of fused-ring (bicyclic) bond motifs is 3. The third-order valence-corrected chi connectivity index (χ3v) is 7.56. The van der Waals surface area contributed by atoms with Crippen LogP contribution in [0.25, 0.3) is 10.9 Å². The number of carbonyl (C=O) groups excluding carboxylic acids is 2. The maximum atomic E-state index is 13.7. The number of nitrogens with zero attached hydrogens (tertiary/aromatic N) is 2. The quantitative estimate of drug-likeness (QED) is 0.430. The molecular weight excluding hydrogens is 446 g/mol. The molecule has 0 fully saturated rings. The minimum Gasteiger partial charge on any atom is -0.496 e. The van der Waals surface area contributed by atoms with Crippen molar-refractivity contribution in [1.82, 2.24) is 14.8 Å². The van der Waals surface area contributed by atoms with Gasteiger partial charge in [-0.15, -0.1) is 11.3 Å². The van der Waals surface area contributed by atoms with Crippen LogP contribution in [0.4, 0.5) is 0 Å². The number of methoxy groups -OCH3 is 1. The summed E-state index contributed by atoms with van der Waals surface area (Å²) in [6.45, 7) is 3.06. The minimum absolute atomic E-state index is 0.117. The molecule has 2 amide bonds. The van der Waals surface area contributed by atoms with Crippen LogP contribution < -0.4 is 10.1 Å². The number of hydrogen-bond donors (Lipinski definition) is 1. The molecular formula is C27H27N3O3S. The molecule has 5 rings (SSSR count). The molecule has 0 aliphatic carbocycles. The number of benzene rings is 2. The molecule has 174 valence electrons. The van der Waals surface area contributed by atoms with Gasteiger partial charge in [-0.25, -0.2) is 0 Å². The van der Waals surface area contributed by atoms with E-state index in [-0.39, 0.29) is 11.8 Å². The van der Waals surface area contributed by atoms with E-state index in [1.807, 2.05) is 77.5 Å². The molecule has 0 bridgehead atoms. The Labute approximate surface area is 202 Å². The highest BCUT2D eigenvalue weighted by molar-refractivity contribution is 7.09. The van der Waals surface area contributed by atoms with Crippen molar-refractivity contribution in [1.29, 1.82) is 0 Å². The van der Waals surface area contributed by atoms with E-state index in [0.29, 0.717) is 31.7 Å². The standard InChI is InChI=1S/C27H27N3O3S/c1-27(26(32)28-17-20-9-4-6-12-24(20)33-2)18-29-22-11-5-3-8-19(22)16-23(29)25(31)30(27)14-13-21-10-7-15-34-21/h3-12,15-16H,13-14,17-18H2,1-2H3,(H,28,32)/t27-/m0/s1. The van der Waals surface area contributed by atoms with E-state index >= 15 is 0 Å². The van der Waals surface area contributed by atoms with Gasteiger partial charge in [-0.1, -0.05) is 42.5 Å². The summed E-state index contributed by atoms with van der Waals surface area (Å²) in [4.78, 5) is 30.4. The molecule has 1 aliphatic heterocycles. The topological polar surface area (TPSA) is 63.6 Å². The van der Waals surface area contributed by atoms with Crippen molar-refractivity contribution in [2.45, 2.75) is 32.0 Å². The third kappa shape index (κ3) is 3.86. The van der Waals surface area contributed by atoms with Gasteiger partial charge in [-0.3, -0.25) is 9.59 Å². The van der Waals surface area contributed by atoms with Gasteiger partial charge >= 0.3 is 0 Å². The second-order valence-electron chi connectivity index (χ2n) is 8.73. The van der Waals surface area contributed by atoms with Crippen LogP contribution >= 0.6 is 11.3 Å². The van der Waals surface area contributed by atoms with E-state index in [1.54, 1.807) is 23.3 Å². The van der Waals surface area contributed by atoms with E-state index < -0.39 is 5.54 Å². The van der Waals surface area contributed by atoms with E-state index in [4.69, 9.17) is 4.74 Å². The number of aromatic nitrogens is 1. The molecule has 7 heteroatoms. The Morgan fingerprint density at radius 2 is 1.91 bits per heavy atom. The Balaban J connectivity index is 1.48. The highest BCUT2D eigenvalue weighted by Crippen LogP contribution is 2.33. The van der Waals surface area contributed by atoms with Crippen LogP contribution in [-0.4, -0.2) is 40.5 Å². The molecule has 1 N–H and O–H groups in total. The molecule has 1 aliphatic rings. The molecule has 2 aromatic heterocycles. The van der Waals surface area contributed by atoms with E-state index in [2.05, 4.69) is 11.4 Å². The van der Waals surface area contributed by atoms with Crippen LogP contribution in [0.5, 0.6) is 5.75 Å². The summed E-state index contributed by atoms with van der Waals surface area (Å²) in [5.74, 6) is 0.427. The van der Waals surface area contributed by atoms with Crippen molar-refractivity contribution < 1.29 is 14.3 Å². The molecule has 0 saturated heterocycles. The fourth-order valence-electron chi connectivity index (χ4n) is 4.75. The van der Waals surface area contributed by atoms with Crippen LogP contribution in [0, 0.1) is 0 Å². The molecule has 0 saturated carbocycles. The van der Waals surface area contributed by atoms with Crippen LogP contribution in [0.15, 0.2) is 72.1 Å². The van der Waals surface area contributed by atoms with Crippen LogP contribution in [0.1, 0.15) is 27.9 Å². The van der Waals surface area contributed by atoms with Crippen molar-refractivity contribution in [3.63, 3.8) is 0 Å². The maximum Gasteiger partial charge on any atom is 0.271 e. The lowest BCUT2D eigenvalue weighted by atomic mass is 9.94. The Kier molecular flexibility index (Phi) is 5.87. The monoisotopic (exact) mass is 473 g/mol. The smallest absolute Gasteiger partial charge is 0.271 e. The first-order chi connectivity index (χ1) is 16.5. The lowest BCUT2D eigenvalue weighted by molar-refractivity contribution is -0.133. The normalized spacial score (nSPS) is 17.6. The highest BCUT2D eigenvalue weighted by atomic mass is 32.1. The van der Waals surface area contributed by atoms with Crippen LogP contribution in [-0.2, 0) is 24.3 Å². The number of hydrogen-bond acceptors (Lipinski definition) is 4. The lowest BCUT2D eigenvalue weighted by Crippen LogP contribution is -2.64. The summed E-state index contributed by atoms with van der Waals surface area (Å²) in [7, 11) is 1.62. The molecule has 0 radical (unpaired) electrons. The number of carbonyl (C=O) groups is 2. The van der Waals surface area contributed by atoms with Gasteiger partial charge in [-0.2, -0.15) is 0 Å². The van der Waals surface area contributed by atoms with E-state index in [0.717, 1.165) is 22.2 Å². The van der Waals surface area contributed by atoms with Crippen molar-refractivity contribution in [3.8, 4) is 5.75 Å². The average molecular weight is 474 g/mol. The van der Waals surface area contributed by atoms with Crippen LogP contribution in [0.2, 0.25) is 0 Å². The highest BCUT2D eigenvalue weighted by Gasteiger charge is 2.47. The van der Waals surface area contributed by atoms with Gasteiger partial charge in [0.1, 0.15) is 17.0 Å². The Morgan fingerprint density at radius 3 is 2.71 bits per heavy atom. The van der Waals surface area contributed by atoms with Gasteiger partial charge in [0, 0.05) is 34.4 Å². The molecule has 1 atom stereocenters. The lowest BCUT2D eigenvalue weighted by Gasteiger charge is -2.44. The zero-order chi connectivity index (χ0) is 23.7. The maximum absolute atomic E-state index is 13.7. The number of thiophene rings is 1. The summed E-state index contributed by atoms with van der Waals surface area (Å²) in [5, 5.41) is 6.11. The zero-order valence-electron chi connectivity index (χ0n) is 19.3. The summed E-state index contributed by atoms with van der Waals surface area (Å²) in [6.07, 6.45) is 0.707. The van der Waals surface area contributed by atoms with Gasteiger partial charge in [0.05, 0.1) is 13.7 Å². The fraction of sp³-hybridized carbons (Fsp3) is 0.259. The second kappa shape index (κ2) is 8.99. The van der Waals surface area contributed by atoms with Crippen LogP contribution in [0.3, 0.4) is 0 Å². The molecule has 3 heterocycles. The Morgan fingerprint density at radius 1 is 1.12 bits per heavy atom. The fourth-order valence-corrected chi connectivity index (χ4v) is 5.45. The predicted molar refractivity (Wildman–Crippen MR) is 134 cm³/mol. The van der Waals surface area contributed by atoms with Gasteiger partial charge in [-0.05, 0) is 43.0 Å². The summed E-state index contributed by atoms with van der Waals surface area (Å²) in [5.41, 5.74) is 1.45. The average Bonchev–Trinajstić information content (AvgIpc) is 3.50. The predicted octanol–water partition coefficient (Wildman–Crippen LogP) is 4.49. The molecule has 0 spiro atoms. The molecule has 0 unspecified atom stereocenters. The van der Waals surface area contributed by atoms with Crippen molar-refractivity contribution in [2.75, 3.05) is 13.7 Å². The Hall–Kier alpha value is -3.58.